The van der Waals surface area contributed by atoms with Crippen LogP contribution in [0, 0.1) is 29.4 Å². The van der Waals surface area contributed by atoms with Crippen LogP contribution in [0.1, 0.15) is 56.9 Å². The van der Waals surface area contributed by atoms with E-state index in [1.807, 2.05) is 6.07 Å². The summed E-state index contributed by atoms with van der Waals surface area (Å²) in [7, 11) is 0. The Balaban J connectivity index is 1.69. The molecule has 0 bridgehead atoms. The number of fused-ring (bicyclic) bond motifs is 2. The van der Waals surface area contributed by atoms with Gasteiger partial charge < -0.3 is 0 Å². The quantitative estimate of drug-likeness (QED) is 0.516. The van der Waals surface area contributed by atoms with Crippen LogP contribution in [0.2, 0.25) is 5.02 Å². The van der Waals surface area contributed by atoms with Gasteiger partial charge in [0.25, 0.3) is 0 Å². The summed E-state index contributed by atoms with van der Waals surface area (Å²) in [4.78, 5) is 0. The van der Waals surface area contributed by atoms with Crippen molar-refractivity contribution in [3.05, 3.63) is 46.5 Å². The van der Waals surface area contributed by atoms with Gasteiger partial charge in [0.1, 0.15) is 5.82 Å². The minimum atomic E-state index is -0.596. The molecule has 0 saturated heterocycles. The molecule has 0 spiro atoms. The fourth-order valence-electron chi connectivity index (χ4n) is 5.06. The molecule has 4 atom stereocenters. The zero-order valence-corrected chi connectivity index (χ0v) is 14.8. The van der Waals surface area contributed by atoms with E-state index in [1.54, 1.807) is 12.1 Å². The van der Waals surface area contributed by atoms with E-state index in [0.717, 1.165) is 36.2 Å². The molecule has 3 heteroatoms. The highest BCUT2D eigenvalue weighted by Crippen LogP contribution is 2.49. The second-order valence-corrected chi connectivity index (χ2v) is 8.26. The highest BCUT2D eigenvalue weighted by molar-refractivity contribution is 6.32. The first kappa shape index (κ1) is 16.3. The van der Waals surface area contributed by atoms with Crippen LogP contribution in [0.15, 0.2) is 24.3 Å². The molecule has 2 aliphatic carbocycles. The smallest absolute Gasteiger partial charge is 0.152 e. The van der Waals surface area contributed by atoms with E-state index in [9.17, 15) is 8.78 Å². The lowest BCUT2D eigenvalue weighted by molar-refractivity contribution is 0.124. The molecular weight excluding hydrogens is 326 g/mol. The first-order chi connectivity index (χ1) is 11.5. The molecule has 0 amide bonds. The van der Waals surface area contributed by atoms with Crippen molar-refractivity contribution in [3.63, 3.8) is 0 Å². The van der Waals surface area contributed by atoms with Crippen molar-refractivity contribution < 1.29 is 8.78 Å². The number of rotatable bonds is 1. The SMILES string of the molecule is CC1CCC2CC(c3cc4cccc(F)c4c(F)c3Cl)CCC2C1. The topological polar surface area (TPSA) is 0 Å². The van der Waals surface area contributed by atoms with Gasteiger partial charge in [-0.2, -0.15) is 0 Å². The van der Waals surface area contributed by atoms with Gasteiger partial charge in [0, 0.05) is 0 Å². The van der Waals surface area contributed by atoms with Crippen LogP contribution >= 0.6 is 11.6 Å². The van der Waals surface area contributed by atoms with E-state index in [1.165, 1.54) is 31.7 Å². The zero-order valence-electron chi connectivity index (χ0n) is 14.0. The molecule has 2 aromatic rings. The van der Waals surface area contributed by atoms with Crippen LogP contribution in [-0.2, 0) is 0 Å². The summed E-state index contributed by atoms with van der Waals surface area (Å²) >= 11 is 6.33. The van der Waals surface area contributed by atoms with Crippen LogP contribution in [0.5, 0.6) is 0 Å². The van der Waals surface area contributed by atoms with E-state index < -0.39 is 11.6 Å². The summed E-state index contributed by atoms with van der Waals surface area (Å²) in [6, 6.07) is 6.61. The molecule has 128 valence electrons. The first-order valence-electron chi connectivity index (χ1n) is 9.10. The van der Waals surface area contributed by atoms with Crippen molar-refractivity contribution in [2.45, 2.75) is 51.4 Å². The van der Waals surface area contributed by atoms with Gasteiger partial charge >= 0.3 is 0 Å². The molecule has 0 radical (unpaired) electrons. The fourth-order valence-corrected chi connectivity index (χ4v) is 5.37. The lowest BCUT2D eigenvalue weighted by atomic mass is 9.64. The average Bonchev–Trinajstić information content (AvgIpc) is 2.57. The molecule has 4 unspecified atom stereocenters. The third kappa shape index (κ3) is 2.73. The summed E-state index contributed by atoms with van der Waals surface area (Å²) in [5, 5.41) is 0.762. The largest absolute Gasteiger partial charge is 0.206 e. The molecule has 2 saturated carbocycles. The van der Waals surface area contributed by atoms with Crippen molar-refractivity contribution >= 4 is 22.4 Å². The minimum Gasteiger partial charge on any atom is -0.206 e. The van der Waals surface area contributed by atoms with Crippen LogP contribution < -0.4 is 0 Å². The standard InChI is InChI=1S/C21H23ClF2/c1-12-5-6-14-10-15(8-7-13(14)9-12)17-11-16-3-2-4-18(23)19(16)21(24)20(17)22/h2-4,11-15H,5-10H2,1H3. The number of hydrogen-bond donors (Lipinski definition) is 0. The Labute approximate surface area is 147 Å². The molecule has 0 aromatic heterocycles. The summed E-state index contributed by atoms with van der Waals surface area (Å²) < 4.78 is 28.6. The van der Waals surface area contributed by atoms with Crippen molar-refractivity contribution in [2.24, 2.45) is 17.8 Å². The molecule has 2 aromatic carbocycles. The summed E-state index contributed by atoms with van der Waals surface area (Å²) in [5.41, 5.74) is 0.879. The summed E-state index contributed by atoms with van der Waals surface area (Å²) in [6.07, 6.45) is 7.29. The molecule has 0 nitrogen and oxygen atoms in total. The average molecular weight is 349 g/mol. The van der Waals surface area contributed by atoms with E-state index in [4.69, 9.17) is 11.6 Å². The van der Waals surface area contributed by atoms with Gasteiger partial charge in [-0.3, -0.25) is 0 Å². The maximum atomic E-state index is 14.7. The number of halogens is 3. The maximum absolute atomic E-state index is 14.7. The molecule has 0 aliphatic heterocycles. The van der Waals surface area contributed by atoms with Crippen LogP contribution in [0.25, 0.3) is 10.8 Å². The molecule has 0 N–H and O–H groups in total. The second-order valence-electron chi connectivity index (χ2n) is 7.88. The van der Waals surface area contributed by atoms with Crippen LogP contribution in [-0.4, -0.2) is 0 Å². The van der Waals surface area contributed by atoms with Crippen LogP contribution in [0.4, 0.5) is 8.78 Å². The minimum absolute atomic E-state index is 0.0198. The van der Waals surface area contributed by atoms with E-state index in [2.05, 4.69) is 6.92 Å². The highest BCUT2D eigenvalue weighted by Gasteiger charge is 2.36. The fraction of sp³-hybridized carbons (Fsp3) is 0.524. The molecule has 0 heterocycles. The maximum Gasteiger partial charge on any atom is 0.152 e. The predicted molar refractivity (Wildman–Crippen MR) is 95.5 cm³/mol. The van der Waals surface area contributed by atoms with E-state index in [-0.39, 0.29) is 10.4 Å². The van der Waals surface area contributed by atoms with Crippen LogP contribution in [0.3, 0.4) is 0 Å². The van der Waals surface area contributed by atoms with Crippen molar-refractivity contribution in [1.82, 2.24) is 0 Å². The molecular formula is C21H23ClF2. The summed E-state index contributed by atoms with van der Waals surface area (Å²) in [6.45, 7) is 2.35. The Morgan fingerprint density at radius 3 is 2.58 bits per heavy atom. The Morgan fingerprint density at radius 1 is 1.00 bits per heavy atom. The summed E-state index contributed by atoms with van der Waals surface area (Å²) in [5.74, 6) is 1.57. The highest BCUT2D eigenvalue weighted by atomic mass is 35.5. The Morgan fingerprint density at radius 2 is 1.75 bits per heavy atom. The lowest BCUT2D eigenvalue weighted by Gasteiger charge is -2.41. The molecule has 24 heavy (non-hydrogen) atoms. The number of benzene rings is 2. The first-order valence-corrected chi connectivity index (χ1v) is 9.48. The van der Waals surface area contributed by atoms with Gasteiger partial charge in [0.2, 0.25) is 0 Å². The molecule has 4 rings (SSSR count). The Hall–Kier alpha value is -1.15. The molecule has 2 fully saturated rings. The Bertz CT molecular complexity index is 770. The van der Waals surface area contributed by atoms with Gasteiger partial charge in [0.15, 0.2) is 5.82 Å². The van der Waals surface area contributed by atoms with E-state index >= 15 is 0 Å². The third-order valence-electron chi connectivity index (χ3n) is 6.34. The van der Waals surface area contributed by atoms with Gasteiger partial charge in [-0.1, -0.05) is 37.1 Å². The van der Waals surface area contributed by atoms with Crippen molar-refractivity contribution in [2.75, 3.05) is 0 Å². The predicted octanol–water partition coefficient (Wildman–Crippen LogP) is 7.09. The lowest BCUT2D eigenvalue weighted by Crippen LogP contribution is -2.29. The second kappa shape index (κ2) is 6.29. The van der Waals surface area contributed by atoms with E-state index in [0.29, 0.717) is 11.3 Å². The van der Waals surface area contributed by atoms with Gasteiger partial charge in [-0.15, -0.1) is 0 Å². The van der Waals surface area contributed by atoms with Crippen molar-refractivity contribution in [3.8, 4) is 0 Å². The van der Waals surface area contributed by atoms with Gasteiger partial charge in [0.05, 0.1) is 10.4 Å². The third-order valence-corrected chi connectivity index (χ3v) is 6.72. The number of hydrogen-bond acceptors (Lipinski definition) is 0. The Kier molecular flexibility index (Phi) is 4.28. The zero-order chi connectivity index (χ0) is 16.8. The van der Waals surface area contributed by atoms with Crippen molar-refractivity contribution in [1.29, 1.82) is 0 Å². The monoisotopic (exact) mass is 348 g/mol. The normalized spacial score (nSPS) is 30.3. The molecule has 2 aliphatic rings. The van der Waals surface area contributed by atoms with Gasteiger partial charge in [-0.05, 0) is 78.9 Å². The van der Waals surface area contributed by atoms with Gasteiger partial charge in [-0.25, -0.2) is 8.78 Å².